The van der Waals surface area contributed by atoms with Crippen LogP contribution in [0.3, 0.4) is 0 Å². The Hall–Kier alpha value is -3.14. The van der Waals surface area contributed by atoms with Crippen molar-refractivity contribution in [3.8, 4) is 5.75 Å². The minimum atomic E-state index is -0.978. The maximum Gasteiger partial charge on any atom is 0.311 e. The van der Waals surface area contributed by atoms with E-state index >= 15 is 0 Å². The van der Waals surface area contributed by atoms with Crippen LogP contribution in [0.4, 0.5) is 0 Å². The smallest absolute Gasteiger partial charge is 0.311 e. The fraction of sp³-hybridized carbons (Fsp3) is 0.800. The lowest BCUT2D eigenvalue weighted by Crippen LogP contribution is -2.31. The van der Waals surface area contributed by atoms with Crippen LogP contribution in [0.15, 0.2) is 12.1 Å². The van der Waals surface area contributed by atoms with Gasteiger partial charge in [0.2, 0.25) is 0 Å². The summed E-state index contributed by atoms with van der Waals surface area (Å²) in [4.78, 5) is 64.3. The normalized spacial score (nSPS) is 12.0. The fourth-order valence-electron chi connectivity index (χ4n) is 8.68. The van der Waals surface area contributed by atoms with Crippen molar-refractivity contribution in [2.24, 2.45) is 5.92 Å². The van der Waals surface area contributed by atoms with Crippen molar-refractivity contribution in [3.63, 3.8) is 0 Å². The average Bonchev–Trinajstić information content (AvgIpc) is 3.24. The summed E-state index contributed by atoms with van der Waals surface area (Å²) in [5.74, 6) is -2.48. The van der Waals surface area contributed by atoms with Crippen LogP contribution < -0.4 is 4.74 Å². The van der Waals surface area contributed by atoms with E-state index in [1.165, 1.54) is 128 Å². The van der Waals surface area contributed by atoms with Gasteiger partial charge >= 0.3 is 29.8 Å². The van der Waals surface area contributed by atoms with Gasteiger partial charge in [0.15, 0.2) is 12.2 Å². The average molecular weight is 950 g/mol. The highest BCUT2D eigenvalue weighted by Crippen LogP contribution is 2.38. The molecular formula is C55H93ClO10. The second-order valence-corrected chi connectivity index (χ2v) is 19.8. The van der Waals surface area contributed by atoms with Crippen LogP contribution in [0.5, 0.6) is 5.75 Å². The van der Waals surface area contributed by atoms with Crippen LogP contribution in [0.2, 0.25) is 0 Å². The maximum absolute atomic E-state index is 13.3. The minimum absolute atomic E-state index is 0.0289. The molecule has 1 aromatic carbocycles. The van der Waals surface area contributed by atoms with Gasteiger partial charge in [0.05, 0.1) is 6.42 Å². The second-order valence-electron chi connectivity index (χ2n) is 19.6. The van der Waals surface area contributed by atoms with E-state index in [-0.39, 0.29) is 63.3 Å². The Morgan fingerprint density at radius 3 is 1.33 bits per heavy atom. The number of hydrogen-bond donors (Lipinski definition) is 0. The summed E-state index contributed by atoms with van der Waals surface area (Å²) < 4.78 is 27.7. The predicted octanol–water partition coefficient (Wildman–Crippen LogP) is 15.0. The lowest BCUT2D eigenvalue weighted by atomic mass is 9.78. The summed E-state index contributed by atoms with van der Waals surface area (Å²) in [6.45, 7) is 13.3. The molecule has 0 radical (unpaired) electrons. The number of carbonyl (C=O) groups excluding carboxylic acids is 5. The van der Waals surface area contributed by atoms with Gasteiger partial charge in [-0.2, -0.15) is 0 Å². The van der Waals surface area contributed by atoms with E-state index in [1.807, 2.05) is 33.8 Å². The second kappa shape index (κ2) is 38.8. The van der Waals surface area contributed by atoms with E-state index in [2.05, 4.69) is 13.8 Å². The number of hydrogen-bond acceptors (Lipinski definition) is 10. The van der Waals surface area contributed by atoms with Gasteiger partial charge in [-0.05, 0) is 49.8 Å². The third-order valence-electron chi connectivity index (χ3n) is 12.3. The molecule has 0 aliphatic heterocycles. The molecule has 1 atom stereocenters. The van der Waals surface area contributed by atoms with E-state index in [1.54, 1.807) is 13.0 Å². The molecule has 380 valence electrons. The number of unbranched alkanes of at least 4 members (excludes halogenated alkanes) is 24. The molecule has 0 N–H and O–H groups in total. The van der Waals surface area contributed by atoms with Gasteiger partial charge in [-0.15, -0.1) is 0 Å². The first-order valence-electron chi connectivity index (χ1n) is 26.3. The van der Waals surface area contributed by atoms with Crippen molar-refractivity contribution < 1.29 is 47.7 Å². The molecule has 0 heterocycles. The van der Waals surface area contributed by atoms with Crippen molar-refractivity contribution in [2.45, 2.75) is 259 Å². The van der Waals surface area contributed by atoms with E-state index in [0.717, 1.165) is 49.7 Å². The van der Waals surface area contributed by atoms with Gasteiger partial charge < -0.3 is 23.7 Å². The number of halogens is 1. The first-order valence-corrected chi connectivity index (χ1v) is 26.8. The third kappa shape index (κ3) is 31.8. The van der Waals surface area contributed by atoms with Gasteiger partial charge in [-0.25, -0.2) is 0 Å². The predicted molar refractivity (Wildman–Crippen MR) is 267 cm³/mol. The zero-order chi connectivity index (χ0) is 48.8. The van der Waals surface area contributed by atoms with E-state index in [4.69, 9.17) is 35.3 Å². The molecule has 0 aromatic heterocycles. The highest BCUT2D eigenvalue weighted by Gasteiger charge is 2.31. The van der Waals surface area contributed by atoms with E-state index in [9.17, 15) is 24.0 Å². The number of carbonyl (C=O) groups is 5. The largest absolute Gasteiger partial charge is 0.462 e. The van der Waals surface area contributed by atoms with Gasteiger partial charge in [-0.1, -0.05) is 206 Å². The summed E-state index contributed by atoms with van der Waals surface area (Å²) in [6.07, 6.45) is 30.9. The van der Waals surface area contributed by atoms with Crippen molar-refractivity contribution in [2.75, 3.05) is 19.3 Å². The van der Waals surface area contributed by atoms with Crippen molar-refractivity contribution >= 4 is 41.4 Å². The minimum Gasteiger partial charge on any atom is -0.462 e. The first kappa shape index (κ1) is 60.9. The van der Waals surface area contributed by atoms with E-state index < -0.39 is 35.3 Å². The summed E-state index contributed by atoms with van der Waals surface area (Å²) in [7, 11) is 0. The molecule has 0 amide bonds. The molecule has 11 heteroatoms. The van der Waals surface area contributed by atoms with Crippen molar-refractivity contribution in [3.05, 3.63) is 28.8 Å². The molecule has 66 heavy (non-hydrogen) atoms. The number of ether oxygens (including phenoxy) is 5. The Morgan fingerprint density at radius 1 is 0.530 bits per heavy atom. The van der Waals surface area contributed by atoms with Crippen LogP contribution in [0.1, 0.15) is 250 Å². The zero-order valence-electron chi connectivity index (χ0n) is 42.8. The fourth-order valence-corrected chi connectivity index (χ4v) is 8.81. The molecule has 1 unspecified atom stereocenters. The summed E-state index contributed by atoms with van der Waals surface area (Å²) in [5, 5.41) is 0. The monoisotopic (exact) mass is 949 g/mol. The van der Waals surface area contributed by atoms with Crippen LogP contribution in [0, 0.1) is 19.8 Å². The Morgan fingerprint density at radius 2 is 0.924 bits per heavy atom. The zero-order valence-corrected chi connectivity index (χ0v) is 43.6. The standard InChI is InChI=1S/C55H93ClO10/c1-8-10-12-14-16-18-20-22-24-26-28-30-32-34-49(57)62-41-47(42-63-50(58)35-33-31-29-27-25-23-21-19-17-15-13-11-9-2)65-51(59)38-45(4)39-52(60)66-48-37-44(3)36-46(5)54(48)55(6,7)40-53(61)64-43-56/h36-37,45,47H,8-35,38-43H2,1-7H3. The lowest BCUT2D eigenvalue weighted by molar-refractivity contribution is -0.167. The lowest BCUT2D eigenvalue weighted by Gasteiger charge is -2.28. The van der Waals surface area contributed by atoms with Crippen molar-refractivity contribution in [1.29, 1.82) is 0 Å². The van der Waals surface area contributed by atoms with Gasteiger partial charge in [0.1, 0.15) is 19.0 Å². The quantitative estimate of drug-likeness (QED) is 0.0205. The molecular weight excluding hydrogens is 856 g/mol. The molecule has 0 aliphatic carbocycles. The van der Waals surface area contributed by atoms with Crippen LogP contribution in [-0.4, -0.2) is 55.2 Å². The molecule has 0 fully saturated rings. The van der Waals surface area contributed by atoms with Crippen LogP contribution in [0.25, 0.3) is 0 Å². The summed E-state index contributed by atoms with van der Waals surface area (Å²) in [5.41, 5.74) is 1.72. The molecule has 1 aromatic rings. The SMILES string of the molecule is CCCCCCCCCCCCCCCC(=O)OCC(COC(=O)CCCCCCCCCCCCCCC)OC(=O)CC(C)CC(=O)Oc1cc(C)cc(C)c1C(C)(C)CC(=O)OCCl. The van der Waals surface area contributed by atoms with E-state index in [0.29, 0.717) is 11.3 Å². The molecule has 10 nitrogen and oxygen atoms in total. The third-order valence-corrected chi connectivity index (χ3v) is 12.4. The summed E-state index contributed by atoms with van der Waals surface area (Å²) in [6, 6.07) is 3.48. The Labute approximate surface area is 406 Å². The molecule has 0 bridgehead atoms. The highest BCUT2D eigenvalue weighted by atomic mass is 35.5. The molecule has 0 saturated carbocycles. The molecule has 0 aliphatic rings. The molecule has 1 rings (SSSR count). The Bertz CT molecular complexity index is 1430. The number of benzene rings is 1. The molecule has 0 saturated heterocycles. The molecule has 0 spiro atoms. The number of alkyl halides is 1. The Kier molecular flexibility index (Phi) is 35.8. The highest BCUT2D eigenvalue weighted by molar-refractivity contribution is 6.17. The van der Waals surface area contributed by atoms with Crippen LogP contribution >= 0.6 is 11.6 Å². The van der Waals surface area contributed by atoms with Gasteiger partial charge in [-0.3, -0.25) is 24.0 Å². The number of aryl methyl sites for hydroxylation is 2. The van der Waals surface area contributed by atoms with Crippen LogP contribution in [-0.2, 0) is 48.3 Å². The van der Waals surface area contributed by atoms with Crippen molar-refractivity contribution in [1.82, 2.24) is 0 Å². The number of rotatable bonds is 42. The van der Waals surface area contributed by atoms with Gasteiger partial charge in [0, 0.05) is 36.7 Å². The Balaban J connectivity index is 2.67. The topological polar surface area (TPSA) is 132 Å². The maximum atomic E-state index is 13.3. The van der Waals surface area contributed by atoms with Gasteiger partial charge in [0.25, 0.3) is 0 Å². The number of esters is 5. The first-order chi connectivity index (χ1) is 31.7. The summed E-state index contributed by atoms with van der Waals surface area (Å²) >= 11 is 5.61.